The zero-order valence-electron chi connectivity index (χ0n) is 8.69. The SMILES string of the molecule is COC(=O)Cn1c(=O)[nH]c2ccc(N)cc21. The number of aromatic amines is 1. The minimum atomic E-state index is -0.481. The van der Waals surface area contributed by atoms with E-state index in [4.69, 9.17) is 5.73 Å². The number of nitrogen functional groups attached to an aromatic ring is 1. The third kappa shape index (κ3) is 1.65. The van der Waals surface area contributed by atoms with Crippen LogP contribution in [0.2, 0.25) is 0 Å². The van der Waals surface area contributed by atoms with Crippen molar-refractivity contribution in [3.05, 3.63) is 28.7 Å². The number of hydrogen-bond donors (Lipinski definition) is 2. The molecule has 3 N–H and O–H groups in total. The second-order valence-corrected chi connectivity index (χ2v) is 3.37. The van der Waals surface area contributed by atoms with Gasteiger partial charge < -0.3 is 15.5 Å². The first-order valence-corrected chi connectivity index (χ1v) is 4.66. The highest BCUT2D eigenvalue weighted by atomic mass is 16.5. The van der Waals surface area contributed by atoms with Crippen LogP contribution in [0.5, 0.6) is 0 Å². The molecule has 0 aliphatic carbocycles. The number of methoxy groups -OCH3 is 1. The number of esters is 1. The summed E-state index contributed by atoms with van der Waals surface area (Å²) in [7, 11) is 1.27. The fourth-order valence-electron chi connectivity index (χ4n) is 1.52. The van der Waals surface area contributed by atoms with E-state index in [2.05, 4.69) is 9.72 Å². The number of nitrogens with two attached hydrogens (primary N) is 1. The quantitative estimate of drug-likeness (QED) is 0.555. The van der Waals surface area contributed by atoms with E-state index in [9.17, 15) is 9.59 Å². The van der Waals surface area contributed by atoms with Gasteiger partial charge in [-0.05, 0) is 18.2 Å². The first kappa shape index (κ1) is 10.3. The molecule has 2 rings (SSSR count). The van der Waals surface area contributed by atoms with E-state index in [0.29, 0.717) is 16.7 Å². The smallest absolute Gasteiger partial charge is 0.327 e. The summed E-state index contributed by atoms with van der Waals surface area (Å²) in [5.41, 5.74) is 7.03. The molecule has 1 aromatic heterocycles. The lowest BCUT2D eigenvalue weighted by atomic mass is 10.3. The van der Waals surface area contributed by atoms with Gasteiger partial charge in [-0.1, -0.05) is 0 Å². The molecule has 0 radical (unpaired) electrons. The normalized spacial score (nSPS) is 10.6. The molecule has 84 valence electrons. The van der Waals surface area contributed by atoms with Gasteiger partial charge in [0.2, 0.25) is 0 Å². The Labute approximate surface area is 90.6 Å². The standard InChI is InChI=1S/C10H11N3O3/c1-16-9(14)5-13-8-4-6(11)2-3-7(8)12-10(13)15/h2-4H,5,11H2,1H3,(H,12,15). The van der Waals surface area contributed by atoms with Crippen LogP contribution in [-0.4, -0.2) is 22.6 Å². The third-order valence-electron chi connectivity index (χ3n) is 2.31. The molecule has 0 spiro atoms. The number of aromatic nitrogens is 2. The Bertz CT molecular complexity index is 597. The molecular formula is C10H11N3O3. The van der Waals surface area contributed by atoms with Crippen LogP contribution in [0, 0.1) is 0 Å². The molecule has 6 nitrogen and oxygen atoms in total. The van der Waals surface area contributed by atoms with Gasteiger partial charge in [0.1, 0.15) is 6.54 Å². The number of benzene rings is 1. The fourth-order valence-corrected chi connectivity index (χ4v) is 1.52. The van der Waals surface area contributed by atoms with Crippen molar-refractivity contribution in [3.8, 4) is 0 Å². The van der Waals surface area contributed by atoms with Crippen molar-refractivity contribution in [1.29, 1.82) is 0 Å². The molecule has 0 aliphatic heterocycles. The Kier molecular flexibility index (Phi) is 2.40. The summed E-state index contributed by atoms with van der Waals surface area (Å²) in [5.74, 6) is -0.481. The van der Waals surface area contributed by atoms with Gasteiger partial charge >= 0.3 is 11.7 Å². The van der Waals surface area contributed by atoms with Crippen molar-refractivity contribution in [1.82, 2.24) is 9.55 Å². The van der Waals surface area contributed by atoms with Gasteiger partial charge in [-0.3, -0.25) is 9.36 Å². The summed E-state index contributed by atoms with van der Waals surface area (Å²) in [6.07, 6.45) is 0. The number of fused-ring (bicyclic) bond motifs is 1. The average Bonchev–Trinajstić information content (AvgIpc) is 2.55. The van der Waals surface area contributed by atoms with Gasteiger partial charge in [-0.25, -0.2) is 4.79 Å². The number of imidazole rings is 1. The molecule has 0 saturated heterocycles. The number of H-pyrrole nitrogens is 1. The van der Waals surface area contributed by atoms with Gasteiger partial charge in [0.15, 0.2) is 0 Å². The highest BCUT2D eigenvalue weighted by molar-refractivity contribution is 5.80. The minimum absolute atomic E-state index is 0.126. The number of hydrogen-bond acceptors (Lipinski definition) is 4. The molecule has 0 amide bonds. The van der Waals surface area contributed by atoms with Crippen molar-refractivity contribution in [3.63, 3.8) is 0 Å². The summed E-state index contributed by atoms with van der Waals surface area (Å²) in [6.45, 7) is -0.126. The summed E-state index contributed by atoms with van der Waals surface area (Å²) in [5, 5.41) is 0. The maximum atomic E-state index is 11.6. The topological polar surface area (TPSA) is 90.1 Å². The largest absolute Gasteiger partial charge is 0.468 e. The summed E-state index contributed by atoms with van der Waals surface area (Å²) >= 11 is 0. The Morgan fingerprint density at radius 1 is 1.56 bits per heavy atom. The van der Waals surface area contributed by atoms with E-state index in [1.807, 2.05) is 0 Å². The van der Waals surface area contributed by atoms with E-state index in [-0.39, 0.29) is 12.2 Å². The highest BCUT2D eigenvalue weighted by Crippen LogP contribution is 2.13. The molecule has 0 aliphatic rings. The lowest BCUT2D eigenvalue weighted by Crippen LogP contribution is -2.22. The van der Waals surface area contributed by atoms with Crippen molar-refractivity contribution < 1.29 is 9.53 Å². The molecule has 2 aromatic rings. The minimum Gasteiger partial charge on any atom is -0.468 e. The van der Waals surface area contributed by atoms with Crippen LogP contribution in [0.3, 0.4) is 0 Å². The predicted octanol–water partition coefficient (Wildman–Crippen LogP) is 0.0848. The first-order valence-electron chi connectivity index (χ1n) is 4.66. The summed E-state index contributed by atoms with van der Waals surface area (Å²) < 4.78 is 5.80. The molecule has 0 bridgehead atoms. The lowest BCUT2D eigenvalue weighted by Gasteiger charge is -2.01. The Hall–Kier alpha value is -2.24. The van der Waals surface area contributed by atoms with Gasteiger partial charge in [0.05, 0.1) is 18.1 Å². The van der Waals surface area contributed by atoms with Crippen LogP contribution in [0.15, 0.2) is 23.0 Å². The van der Waals surface area contributed by atoms with Crippen molar-refractivity contribution in [2.24, 2.45) is 0 Å². The zero-order valence-corrected chi connectivity index (χ0v) is 8.69. The molecule has 16 heavy (non-hydrogen) atoms. The molecule has 0 unspecified atom stereocenters. The lowest BCUT2D eigenvalue weighted by molar-refractivity contribution is -0.141. The Morgan fingerprint density at radius 3 is 3.00 bits per heavy atom. The first-order chi connectivity index (χ1) is 7.61. The van der Waals surface area contributed by atoms with Crippen LogP contribution < -0.4 is 11.4 Å². The predicted molar refractivity (Wildman–Crippen MR) is 59.0 cm³/mol. The molecule has 0 atom stereocenters. The summed E-state index contributed by atoms with van der Waals surface area (Å²) in [4.78, 5) is 25.3. The van der Waals surface area contributed by atoms with E-state index in [1.54, 1.807) is 18.2 Å². The highest BCUT2D eigenvalue weighted by Gasteiger charge is 2.10. The number of nitrogens with one attached hydrogen (secondary N) is 1. The zero-order chi connectivity index (χ0) is 11.7. The number of anilines is 1. The second kappa shape index (κ2) is 3.73. The van der Waals surface area contributed by atoms with Gasteiger partial charge in [-0.2, -0.15) is 0 Å². The molecule has 1 aromatic carbocycles. The average molecular weight is 221 g/mol. The number of nitrogens with zero attached hydrogens (tertiary/aromatic N) is 1. The maximum absolute atomic E-state index is 11.6. The Balaban J connectivity index is 2.58. The number of ether oxygens (including phenoxy) is 1. The van der Waals surface area contributed by atoms with E-state index < -0.39 is 5.97 Å². The van der Waals surface area contributed by atoms with Crippen molar-refractivity contribution >= 4 is 22.7 Å². The van der Waals surface area contributed by atoms with Crippen molar-refractivity contribution in [2.75, 3.05) is 12.8 Å². The third-order valence-corrected chi connectivity index (χ3v) is 2.31. The van der Waals surface area contributed by atoms with Crippen molar-refractivity contribution in [2.45, 2.75) is 6.54 Å². The van der Waals surface area contributed by atoms with Gasteiger partial charge in [0, 0.05) is 5.69 Å². The molecule has 6 heteroatoms. The van der Waals surface area contributed by atoms with E-state index >= 15 is 0 Å². The van der Waals surface area contributed by atoms with Gasteiger partial charge in [0.25, 0.3) is 0 Å². The van der Waals surface area contributed by atoms with Crippen LogP contribution in [0.1, 0.15) is 0 Å². The summed E-state index contributed by atoms with van der Waals surface area (Å²) in [6, 6.07) is 5.01. The second-order valence-electron chi connectivity index (χ2n) is 3.37. The molecular weight excluding hydrogens is 210 g/mol. The number of rotatable bonds is 2. The fraction of sp³-hybridized carbons (Fsp3) is 0.200. The van der Waals surface area contributed by atoms with E-state index in [0.717, 1.165) is 0 Å². The van der Waals surface area contributed by atoms with Crippen LogP contribution in [-0.2, 0) is 16.1 Å². The molecule has 0 saturated carbocycles. The number of carbonyl (C=O) groups excluding carboxylic acids is 1. The van der Waals surface area contributed by atoms with Gasteiger partial charge in [-0.15, -0.1) is 0 Å². The monoisotopic (exact) mass is 221 g/mol. The molecule has 1 heterocycles. The van der Waals surface area contributed by atoms with E-state index in [1.165, 1.54) is 11.7 Å². The molecule has 0 fully saturated rings. The van der Waals surface area contributed by atoms with Crippen LogP contribution >= 0.6 is 0 Å². The number of carbonyl (C=O) groups is 1. The maximum Gasteiger partial charge on any atom is 0.327 e. The van der Waals surface area contributed by atoms with Crippen LogP contribution in [0.25, 0.3) is 11.0 Å². The van der Waals surface area contributed by atoms with Crippen LogP contribution in [0.4, 0.5) is 5.69 Å². The Morgan fingerprint density at radius 2 is 2.31 bits per heavy atom.